The van der Waals surface area contributed by atoms with E-state index in [1.165, 1.54) is 12.1 Å². The van der Waals surface area contributed by atoms with Gasteiger partial charge in [0.2, 0.25) is 0 Å². The molecule has 0 unspecified atom stereocenters. The quantitative estimate of drug-likeness (QED) is 0.829. The van der Waals surface area contributed by atoms with Gasteiger partial charge in [0.05, 0.1) is 0 Å². The van der Waals surface area contributed by atoms with E-state index in [9.17, 15) is 9.18 Å². The number of thiophene rings is 1. The molecule has 0 atom stereocenters. The normalized spacial score (nSPS) is 11.4. The Morgan fingerprint density at radius 3 is 2.90 bits per heavy atom. The lowest BCUT2D eigenvalue weighted by molar-refractivity contribution is -0.131. The van der Waals surface area contributed by atoms with Gasteiger partial charge in [-0.25, -0.2) is 9.18 Å². The molecule has 0 aliphatic carbocycles. The van der Waals surface area contributed by atoms with Gasteiger partial charge in [0.15, 0.2) is 0 Å². The number of hydrogen-bond acceptors (Lipinski definition) is 3. The lowest BCUT2D eigenvalue weighted by Crippen LogP contribution is -2.16. The molecule has 0 bridgehead atoms. The van der Waals surface area contributed by atoms with Crippen LogP contribution < -0.4 is 0 Å². The molecule has 2 rings (SSSR count). The summed E-state index contributed by atoms with van der Waals surface area (Å²) in [6, 6.07) is 8.54. The van der Waals surface area contributed by atoms with E-state index in [1.54, 1.807) is 23.5 Å². The molecule has 0 amide bonds. The first-order valence-electron chi connectivity index (χ1n) is 6.44. The van der Waals surface area contributed by atoms with Crippen molar-refractivity contribution in [1.82, 2.24) is 4.90 Å². The fourth-order valence-electron chi connectivity index (χ4n) is 2.00. The molecule has 0 saturated carbocycles. The summed E-state index contributed by atoms with van der Waals surface area (Å²) in [5, 5.41) is 10.5. The van der Waals surface area contributed by atoms with Crippen LogP contribution in [0, 0.1) is 5.82 Å². The number of carboxylic acid groups (broad SMARTS) is 1. The zero-order chi connectivity index (χ0) is 15.2. The first-order chi connectivity index (χ1) is 10.0. The van der Waals surface area contributed by atoms with Crippen LogP contribution in [0.5, 0.6) is 0 Å². The van der Waals surface area contributed by atoms with E-state index in [1.807, 2.05) is 24.6 Å². The van der Waals surface area contributed by atoms with Gasteiger partial charge in [0.25, 0.3) is 0 Å². The van der Waals surface area contributed by atoms with Crippen molar-refractivity contribution in [2.75, 3.05) is 7.05 Å². The van der Waals surface area contributed by atoms with Crippen LogP contribution in [0.2, 0.25) is 0 Å². The van der Waals surface area contributed by atoms with Crippen molar-refractivity contribution < 1.29 is 14.3 Å². The van der Waals surface area contributed by atoms with Crippen LogP contribution in [0.25, 0.3) is 6.08 Å². The van der Waals surface area contributed by atoms with Gasteiger partial charge in [0.1, 0.15) is 5.82 Å². The second-order valence-corrected chi connectivity index (χ2v) is 5.82. The van der Waals surface area contributed by atoms with E-state index in [4.69, 9.17) is 5.11 Å². The van der Waals surface area contributed by atoms with Gasteiger partial charge in [-0.2, -0.15) is 0 Å². The number of carbonyl (C=O) groups is 1. The first-order valence-corrected chi connectivity index (χ1v) is 7.32. The molecule has 5 heteroatoms. The molecule has 0 fully saturated rings. The third-order valence-corrected chi connectivity index (χ3v) is 3.80. The Labute approximate surface area is 127 Å². The Morgan fingerprint density at radius 2 is 2.19 bits per heavy atom. The molecule has 0 radical (unpaired) electrons. The van der Waals surface area contributed by atoms with Gasteiger partial charge < -0.3 is 5.11 Å². The standard InChI is InChI=1S/C16H16FNO2S/c1-18(9-12-3-2-4-14(17)7-12)10-15-8-13(11-21-15)5-6-16(19)20/h2-8,11H,9-10H2,1H3,(H,19,20). The second-order valence-electron chi connectivity index (χ2n) is 4.82. The van der Waals surface area contributed by atoms with E-state index in [2.05, 4.69) is 4.90 Å². The smallest absolute Gasteiger partial charge is 0.328 e. The first kappa shape index (κ1) is 15.4. The van der Waals surface area contributed by atoms with Crippen molar-refractivity contribution in [3.63, 3.8) is 0 Å². The minimum absolute atomic E-state index is 0.224. The highest BCUT2D eigenvalue weighted by Crippen LogP contribution is 2.18. The Balaban J connectivity index is 1.93. The summed E-state index contributed by atoms with van der Waals surface area (Å²) in [6.07, 6.45) is 2.71. The number of hydrogen-bond donors (Lipinski definition) is 1. The SMILES string of the molecule is CN(Cc1cccc(F)c1)Cc1cc(C=CC(=O)O)cs1. The molecular weight excluding hydrogens is 289 g/mol. The van der Waals surface area contributed by atoms with Gasteiger partial charge in [0, 0.05) is 24.0 Å². The fourth-order valence-corrected chi connectivity index (χ4v) is 2.94. The largest absolute Gasteiger partial charge is 0.478 e. The molecule has 3 nitrogen and oxygen atoms in total. The van der Waals surface area contributed by atoms with E-state index in [-0.39, 0.29) is 5.82 Å². The Hall–Kier alpha value is -1.98. The van der Waals surface area contributed by atoms with E-state index < -0.39 is 5.97 Å². The van der Waals surface area contributed by atoms with Crippen molar-refractivity contribution >= 4 is 23.4 Å². The predicted octanol–water partition coefficient (Wildman–Crippen LogP) is 3.62. The summed E-state index contributed by atoms with van der Waals surface area (Å²) in [5.74, 6) is -1.18. The predicted molar refractivity (Wildman–Crippen MR) is 82.6 cm³/mol. The number of aliphatic carboxylic acids is 1. The van der Waals surface area contributed by atoms with Crippen LogP contribution in [0.4, 0.5) is 4.39 Å². The van der Waals surface area contributed by atoms with E-state index in [0.29, 0.717) is 6.54 Å². The molecule has 1 aromatic heterocycles. The molecule has 110 valence electrons. The summed E-state index contributed by atoms with van der Waals surface area (Å²) in [4.78, 5) is 13.7. The van der Waals surface area contributed by atoms with Crippen molar-refractivity contribution in [3.8, 4) is 0 Å². The fraction of sp³-hybridized carbons (Fsp3) is 0.188. The monoisotopic (exact) mass is 305 g/mol. The molecule has 1 aromatic carbocycles. The highest BCUT2D eigenvalue weighted by atomic mass is 32.1. The van der Waals surface area contributed by atoms with Crippen LogP contribution in [-0.2, 0) is 17.9 Å². The van der Waals surface area contributed by atoms with Crippen LogP contribution >= 0.6 is 11.3 Å². The average molecular weight is 305 g/mol. The maximum absolute atomic E-state index is 13.1. The van der Waals surface area contributed by atoms with Crippen molar-refractivity contribution in [2.24, 2.45) is 0 Å². The second kappa shape index (κ2) is 7.15. The maximum atomic E-state index is 13.1. The average Bonchev–Trinajstić information content (AvgIpc) is 2.83. The summed E-state index contributed by atoms with van der Waals surface area (Å²) < 4.78 is 13.1. The van der Waals surface area contributed by atoms with Crippen molar-refractivity contribution in [2.45, 2.75) is 13.1 Å². The van der Waals surface area contributed by atoms with Crippen LogP contribution in [0.3, 0.4) is 0 Å². The Kier molecular flexibility index (Phi) is 5.25. The highest BCUT2D eigenvalue weighted by Gasteiger charge is 2.05. The van der Waals surface area contributed by atoms with Crippen LogP contribution in [-0.4, -0.2) is 23.0 Å². The van der Waals surface area contributed by atoms with Crippen LogP contribution in [0.1, 0.15) is 16.0 Å². The minimum atomic E-state index is -0.953. The molecule has 0 aliphatic rings. The van der Waals surface area contributed by atoms with Crippen molar-refractivity contribution in [1.29, 1.82) is 0 Å². The van der Waals surface area contributed by atoms with Gasteiger partial charge in [-0.3, -0.25) is 4.90 Å². The summed E-state index contributed by atoms with van der Waals surface area (Å²) >= 11 is 1.58. The Morgan fingerprint density at radius 1 is 1.38 bits per heavy atom. The van der Waals surface area contributed by atoms with Gasteiger partial charge >= 0.3 is 5.97 Å². The molecule has 0 aliphatic heterocycles. The molecule has 1 N–H and O–H groups in total. The topological polar surface area (TPSA) is 40.5 Å². The number of carboxylic acids is 1. The Bertz CT molecular complexity index is 651. The van der Waals surface area contributed by atoms with Gasteiger partial charge in [-0.05, 0) is 47.8 Å². The third kappa shape index (κ3) is 5.13. The molecule has 0 spiro atoms. The zero-order valence-electron chi connectivity index (χ0n) is 11.6. The molecular formula is C16H16FNO2S. The number of rotatable bonds is 6. The number of nitrogens with zero attached hydrogens (tertiary/aromatic N) is 1. The lowest BCUT2D eigenvalue weighted by Gasteiger charge is -2.15. The van der Waals surface area contributed by atoms with Crippen LogP contribution in [0.15, 0.2) is 41.8 Å². The van der Waals surface area contributed by atoms with Gasteiger partial charge in [-0.15, -0.1) is 11.3 Å². The molecule has 1 heterocycles. The molecule has 0 saturated heterocycles. The van der Waals surface area contributed by atoms with E-state index in [0.717, 1.165) is 28.6 Å². The maximum Gasteiger partial charge on any atom is 0.328 e. The number of benzene rings is 1. The lowest BCUT2D eigenvalue weighted by atomic mass is 10.2. The zero-order valence-corrected chi connectivity index (χ0v) is 12.4. The van der Waals surface area contributed by atoms with E-state index >= 15 is 0 Å². The third-order valence-electron chi connectivity index (χ3n) is 2.86. The minimum Gasteiger partial charge on any atom is -0.478 e. The molecule has 21 heavy (non-hydrogen) atoms. The van der Waals surface area contributed by atoms with Gasteiger partial charge in [-0.1, -0.05) is 12.1 Å². The number of halogens is 1. The van der Waals surface area contributed by atoms with Crippen molar-refractivity contribution in [3.05, 3.63) is 63.6 Å². The summed E-state index contributed by atoms with van der Waals surface area (Å²) in [5.41, 5.74) is 1.82. The highest BCUT2D eigenvalue weighted by molar-refractivity contribution is 7.10. The molecule has 2 aromatic rings. The summed E-state index contributed by atoms with van der Waals surface area (Å²) in [7, 11) is 1.97. The summed E-state index contributed by atoms with van der Waals surface area (Å²) in [6.45, 7) is 1.40.